The van der Waals surface area contributed by atoms with Gasteiger partial charge in [-0.2, -0.15) is 0 Å². The summed E-state index contributed by atoms with van der Waals surface area (Å²) in [5.74, 6) is -0.736. The maximum atomic E-state index is 12.6. The molecule has 0 aromatic heterocycles. The maximum Gasteiger partial charge on any atom is 0.407 e. The summed E-state index contributed by atoms with van der Waals surface area (Å²) in [6, 6.07) is 21.3. The van der Waals surface area contributed by atoms with Gasteiger partial charge < -0.3 is 30.2 Å². The number of methoxy groups -OCH3 is 1. The molecule has 1 aliphatic rings. The Hall–Kier alpha value is -4.86. The first kappa shape index (κ1) is 33.0. The SMILES string of the molecule is COC(=O)c1ccc(NC(=O)CCCNC(=O)OCC2c3ccccc3-c3ccccc32)cc1CCCNC(=O)OC(C)(C)C. The molecule has 0 aliphatic heterocycles. The molecule has 10 heteroatoms. The number of hydrogen-bond donors (Lipinski definition) is 3. The van der Waals surface area contributed by atoms with Gasteiger partial charge in [-0.3, -0.25) is 4.79 Å². The summed E-state index contributed by atoms with van der Waals surface area (Å²) in [6.07, 6.45) is 0.569. The number of nitrogens with one attached hydrogen (secondary N) is 3. The highest BCUT2D eigenvalue weighted by Crippen LogP contribution is 2.44. The van der Waals surface area contributed by atoms with E-state index in [9.17, 15) is 19.2 Å². The molecule has 0 saturated carbocycles. The van der Waals surface area contributed by atoms with Gasteiger partial charge in [-0.1, -0.05) is 48.5 Å². The summed E-state index contributed by atoms with van der Waals surface area (Å²) in [5, 5.41) is 8.27. The summed E-state index contributed by atoms with van der Waals surface area (Å²) < 4.78 is 15.7. The molecule has 0 spiro atoms. The van der Waals surface area contributed by atoms with Crippen LogP contribution in [0.2, 0.25) is 0 Å². The van der Waals surface area contributed by atoms with Crippen molar-refractivity contribution in [1.82, 2.24) is 10.6 Å². The first-order valence-electron chi connectivity index (χ1n) is 15.1. The molecule has 3 aromatic carbocycles. The van der Waals surface area contributed by atoms with E-state index in [2.05, 4.69) is 40.2 Å². The summed E-state index contributed by atoms with van der Waals surface area (Å²) in [5.41, 5.74) is 5.62. The third-order valence-corrected chi connectivity index (χ3v) is 7.28. The molecular weight excluding hydrogens is 574 g/mol. The van der Waals surface area contributed by atoms with Gasteiger partial charge in [-0.05, 0) is 86.1 Å². The maximum absolute atomic E-state index is 12.6. The minimum absolute atomic E-state index is 0.0226. The second kappa shape index (κ2) is 15.2. The summed E-state index contributed by atoms with van der Waals surface area (Å²) >= 11 is 0. The normalized spacial score (nSPS) is 12.0. The molecule has 45 heavy (non-hydrogen) atoms. The Balaban J connectivity index is 1.21. The van der Waals surface area contributed by atoms with E-state index >= 15 is 0 Å². The molecule has 238 valence electrons. The number of alkyl carbamates (subject to hydrolysis) is 2. The Kier molecular flexibility index (Phi) is 11.2. The number of fused-ring (bicyclic) bond motifs is 3. The van der Waals surface area contributed by atoms with Crippen LogP contribution in [0.25, 0.3) is 11.1 Å². The van der Waals surface area contributed by atoms with E-state index in [-0.39, 0.29) is 31.4 Å². The number of aryl methyl sites for hydroxylation is 1. The van der Waals surface area contributed by atoms with E-state index in [1.54, 1.807) is 39.0 Å². The number of anilines is 1. The fourth-order valence-electron chi connectivity index (χ4n) is 5.28. The van der Waals surface area contributed by atoms with Crippen molar-refractivity contribution in [1.29, 1.82) is 0 Å². The zero-order valence-electron chi connectivity index (χ0n) is 26.2. The van der Waals surface area contributed by atoms with Crippen LogP contribution >= 0.6 is 0 Å². The van der Waals surface area contributed by atoms with Crippen molar-refractivity contribution in [3.63, 3.8) is 0 Å². The Labute approximate surface area is 263 Å². The molecule has 4 rings (SSSR count). The zero-order chi connectivity index (χ0) is 32.4. The lowest BCUT2D eigenvalue weighted by atomic mass is 9.98. The zero-order valence-corrected chi connectivity index (χ0v) is 26.2. The van der Waals surface area contributed by atoms with E-state index < -0.39 is 23.8 Å². The fraction of sp³-hybridized carbons (Fsp3) is 0.371. The molecule has 10 nitrogen and oxygen atoms in total. The molecule has 0 heterocycles. The predicted octanol–water partition coefficient (Wildman–Crippen LogP) is 6.19. The van der Waals surface area contributed by atoms with Gasteiger partial charge in [-0.25, -0.2) is 14.4 Å². The van der Waals surface area contributed by atoms with Gasteiger partial charge in [0.15, 0.2) is 0 Å². The number of rotatable bonds is 12. The minimum atomic E-state index is -0.593. The summed E-state index contributed by atoms with van der Waals surface area (Å²) in [4.78, 5) is 49.2. The molecule has 1 aliphatic carbocycles. The second-order valence-electron chi connectivity index (χ2n) is 11.8. The van der Waals surface area contributed by atoms with Crippen LogP contribution in [0, 0.1) is 0 Å². The monoisotopic (exact) mass is 615 g/mol. The van der Waals surface area contributed by atoms with E-state index in [4.69, 9.17) is 14.2 Å². The Morgan fingerprint density at radius 3 is 2.07 bits per heavy atom. The average Bonchev–Trinajstić information content (AvgIpc) is 3.33. The number of benzene rings is 3. The number of carbonyl (C=O) groups is 4. The van der Waals surface area contributed by atoms with Crippen LogP contribution < -0.4 is 16.0 Å². The highest BCUT2D eigenvalue weighted by molar-refractivity contribution is 5.94. The second-order valence-corrected chi connectivity index (χ2v) is 11.8. The van der Waals surface area contributed by atoms with Crippen LogP contribution in [0.1, 0.15) is 73.0 Å². The van der Waals surface area contributed by atoms with Gasteiger partial charge in [0.05, 0.1) is 12.7 Å². The third-order valence-electron chi connectivity index (χ3n) is 7.28. The van der Waals surface area contributed by atoms with Crippen molar-refractivity contribution < 1.29 is 33.4 Å². The van der Waals surface area contributed by atoms with E-state index in [0.29, 0.717) is 42.6 Å². The van der Waals surface area contributed by atoms with Crippen LogP contribution in [0.15, 0.2) is 66.7 Å². The van der Waals surface area contributed by atoms with Crippen molar-refractivity contribution in [3.05, 3.63) is 89.0 Å². The molecule has 0 saturated heterocycles. The average molecular weight is 616 g/mol. The molecule has 0 unspecified atom stereocenters. The van der Waals surface area contributed by atoms with Crippen LogP contribution in [0.3, 0.4) is 0 Å². The van der Waals surface area contributed by atoms with Gasteiger partial charge in [-0.15, -0.1) is 0 Å². The number of ether oxygens (including phenoxy) is 3. The largest absolute Gasteiger partial charge is 0.465 e. The first-order chi connectivity index (χ1) is 21.6. The summed E-state index contributed by atoms with van der Waals surface area (Å²) in [6.45, 7) is 6.22. The van der Waals surface area contributed by atoms with Crippen LogP contribution in [0.4, 0.5) is 15.3 Å². The fourth-order valence-corrected chi connectivity index (χ4v) is 5.28. The van der Waals surface area contributed by atoms with Crippen LogP contribution in [-0.2, 0) is 25.4 Å². The molecule has 3 N–H and O–H groups in total. The van der Waals surface area contributed by atoms with Crippen molar-refractivity contribution >= 4 is 29.8 Å². The van der Waals surface area contributed by atoms with Crippen molar-refractivity contribution in [2.24, 2.45) is 0 Å². The predicted molar refractivity (Wildman–Crippen MR) is 171 cm³/mol. The highest BCUT2D eigenvalue weighted by atomic mass is 16.6. The van der Waals surface area contributed by atoms with E-state index in [0.717, 1.165) is 22.3 Å². The lowest BCUT2D eigenvalue weighted by molar-refractivity contribution is -0.116. The van der Waals surface area contributed by atoms with Crippen LogP contribution in [-0.4, -0.2) is 56.5 Å². The topological polar surface area (TPSA) is 132 Å². The molecule has 3 aromatic rings. The lowest BCUT2D eigenvalue weighted by Gasteiger charge is -2.19. The smallest absolute Gasteiger partial charge is 0.407 e. The standard InChI is InChI=1S/C35H41N3O7/c1-35(2,3)45-34(42)37-19-9-11-23-21-24(17-18-25(23)32(40)43-4)38-31(39)16-10-20-36-33(41)44-22-30-28-14-7-5-12-26(28)27-13-6-8-15-29(27)30/h5-8,12-15,17-18,21,30H,9-11,16,19-20,22H2,1-4H3,(H,36,41)(H,37,42)(H,38,39). The number of esters is 1. The third kappa shape index (κ3) is 9.31. The molecule has 0 bridgehead atoms. The number of carbonyl (C=O) groups excluding carboxylic acids is 4. The van der Waals surface area contributed by atoms with E-state index in [1.807, 2.05) is 24.3 Å². The molecule has 0 atom stereocenters. The Morgan fingerprint density at radius 1 is 0.800 bits per heavy atom. The highest BCUT2D eigenvalue weighted by Gasteiger charge is 2.29. The van der Waals surface area contributed by atoms with Gasteiger partial charge in [0.2, 0.25) is 5.91 Å². The first-order valence-corrected chi connectivity index (χ1v) is 15.1. The van der Waals surface area contributed by atoms with Gasteiger partial charge in [0.1, 0.15) is 12.2 Å². The van der Waals surface area contributed by atoms with Crippen molar-refractivity contribution in [2.75, 3.05) is 32.1 Å². The quantitative estimate of drug-likeness (QED) is 0.126. The number of hydrogen-bond acceptors (Lipinski definition) is 7. The molecule has 0 radical (unpaired) electrons. The van der Waals surface area contributed by atoms with Gasteiger partial charge in [0, 0.05) is 31.1 Å². The molecule has 3 amide bonds. The molecular formula is C35H41N3O7. The van der Waals surface area contributed by atoms with Crippen molar-refractivity contribution in [3.8, 4) is 11.1 Å². The van der Waals surface area contributed by atoms with Crippen molar-refractivity contribution in [2.45, 2.75) is 58.0 Å². The number of amides is 3. The Bertz CT molecular complexity index is 1480. The Morgan fingerprint density at radius 2 is 1.42 bits per heavy atom. The van der Waals surface area contributed by atoms with Crippen LogP contribution in [0.5, 0.6) is 0 Å². The van der Waals surface area contributed by atoms with Gasteiger partial charge in [0.25, 0.3) is 0 Å². The molecule has 0 fully saturated rings. The lowest BCUT2D eigenvalue weighted by Crippen LogP contribution is -2.33. The minimum Gasteiger partial charge on any atom is -0.465 e. The van der Waals surface area contributed by atoms with E-state index in [1.165, 1.54) is 7.11 Å². The van der Waals surface area contributed by atoms with Gasteiger partial charge >= 0.3 is 18.2 Å². The summed E-state index contributed by atoms with van der Waals surface area (Å²) in [7, 11) is 1.31.